The van der Waals surface area contributed by atoms with Crippen LogP contribution < -0.4 is 0 Å². The Hall–Kier alpha value is -2.74. The molecule has 1 saturated heterocycles. The van der Waals surface area contributed by atoms with Crippen LogP contribution in [0.5, 0.6) is 0 Å². The van der Waals surface area contributed by atoms with Crippen LogP contribution in [0.2, 0.25) is 0 Å². The highest BCUT2D eigenvalue weighted by Gasteiger charge is 2.34. The molecule has 8 nitrogen and oxygen atoms in total. The van der Waals surface area contributed by atoms with E-state index in [4.69, 9.17) is 4.98 Å². The third-order valence-electron chi connectivity index (χ3n) is 4.94. The van der Waals surface area contributed by atoms with Gasteiger partial charge in [-0.15, -0.1) is 0 Å². The molecule has 0 unspecified atom stereocenters. The maximum absolute atomic E-state index is 13.2. The second-order valence-electron chi connectivity index (χ2n) is 6.77. The molecule has 0 radical (unpaired) electrons. The van der Waals surface area contributed by atoms with E-state index in [-0.39, 0.29) is 18.5 Å². The Labute approximate surface area is 158 Å². The van der Waals surface area contributed by atoms with Crippen LogP contribution in [-0.4, -0.2) is 55.1 Å². The van der Waals surface area contributed by atoms with Crippen molar-refractivity contribution in [2.45, 2.75) is 38.6 Å². The Morgan fingerprint density at radius 3 is 3.00 bits per heavy atom. The van der Waals surface area contributed by atoms with Gasteiger partial charge in [0, 0.05) is 25.4 Å². The van der Waals surface area contributed by atoms with Gasteiger partial charge >= 0.3 is 0 Å². The Morgan fingerprint density at radius 1 is 1.48 bits per heavy atom. The molecule has 1 aliphatic rings. The number of hydroxylamine groups is 2. The zero-order valence-corrected chi connectivity index (χ0v) is 15.7. The number of aryl methyl sites for hydroxylation is 1. The van der Waals surface area contributed by atoms with Crippen molar-refractivity contribution in [1.29, 1.82) is 0 Å². The summed E-state index contributed by atoms with van der Waals surface area (Å²) >= 11 is 0. The number of carbonyl (C=O) groups is 2. The molecule has 2 aromatic rings. The monoisotopic (exact) mass is 371 g/mol. The van der Waals surface area contributed by atoms with Crippen molar-refractivity contribution >= 4 is 23.4 Å². The molecule has 2 amide bonds. The molecule has 1 atom stereocenters. The molecule has 3 heterocycles. The quantitative estimate of drug-likeness (QED) is 0.349. The van der Waals surface area contributed by atoms with Gasteiger partial charge in [-0.1, -0.05) is 19.4 Å². The average Bonchev–Trinajstić information content (AvgIpc) is 3.29. The van der Waals surface area contributed by atoms with Gasteiger partial charge in [-0.25, -0.2) is 10.0 Å². The van der Waals surface area contributed by atoms with Crippen LogP contribution in [-0.2, 0) is 16.6 Å². The molecule has 27 heavy (non-hydrogen) atoms. The van der Waals surface area contributed by atoms with E-state index < -0.39 is 0 Å². The number of pyridine rings is 1. The number of hydrogen-bond acceptors (Lipinski definition) is 5. The molecule has 1 N–H and O–H groups in total. The Morgan fingerprint density at radius 2 is 2.30 bits per heavy atom. The molecule has 0 aliphatic carbocycles. The third-order valence-corrected chi connectivity index (χ3v) is 4.94. The van der Waals surface area contributed by atoms with Crippen LogP contribution in [0.4, 0.5) is 0 Å². The van der Waals surface area contributed by atoms with Gasteiger partial charge in [-0.2, -0.15) is 0 Å². The van der Waals surface area contributed by atoms with Crippen molar-refractivity contribution in [3.8, 4) is 0 Å². The number of fused-ring (bicyclic) bond motifs is 1. The number of amides is 2. The fourth-order valence-electron chi connectivity index (χ4n) is 3.56. The van der Waals surface area contributed by atoms with E-state index in [1.165, 1.54) is 0 Å². The summed E-state index contributed by atoms with van der Waals surface area (Å²) in [5.74, 6) is 0.673. The minimum atomic E-state index is -0.156. The summed E-state index contributed by atoms with van der Waals surface area (Å²) in [6.45, 7) is 2.53. The number of nitrogens with zero attached hydrogens (tertiary/aromatic N) is 5. The van der Waals surface area contributed by atoms with Crippen molar-refractivity contribution in [1.82, 2.24) is 24.5 Å². The lowest BCUT2D eigenvalue weighted by Gasteiger charge is -2.26. The zero-order chi connectivity index (χ0) is 19.4. The lowest BCUT2D eigenvalue weighted by molar-refractivity contribution is -0.148. The number of imidazole rings is 1. The first-order chi connectivity index (χ1) is 13.1. The van der Waals surface area contributed by atoms with Gasteiger partial charge in [0.05, 0.1) is 29.8 Å². The second-order valence-corrected chi connectivity index (χ2v) is 6.77. The number of unbranched alkanes of at least 4 members (excludes halogenated alkanes) is 1. The van der Waals surface area contributed by atoms with Crippen LogP contribution >= 0.6 is 0 Å². The zero-order valence-electron chi connectivity index (χ0n) is 15.7. The molecule has 1 fully saturated rings. The molecule has 0 aromatic carbocycles. The Bertz CT molecular complexity index is 860. The van der Waals surface area contributed by atoms with Crippen molar-refractivity contribution in [3.05, 3.63) is 35.9 Å². The van der Waals surface area contributed by atoms with E-state index in [1.54, 1.807) is 17.3 Å². The van der Waals surface area contributed by atoms with Crippen LogP contribution in [0.25, 0.3) is 11.0 Å². The molecule has 8 heteroatoms. The normalized spacial score (nSPS) is 17.5. The van der Waals surface area contributed by atoms with Crippen LogP contribution in [0.1, 0.15) is 44.5 Å². The van der Waals surface area contributed by atoms with Gasteiger partial charge in [-0.05, 0) is 25.3 Å². The fraction of sp³-hybridized carbons (Fsp3) is 0.474. The lowest BCUT2D eigenvalue weighted by Crippen LogP contribution is -2.36. The van der Waals surface area contributed by atoms with Gasteiger partial charge < -0.3 is 9.47 Å². The highest BCUT2D eigenvalue weighted by Crippen LogP contribution is 2.33. The number of allylic oxidation sites excluding steroid dienone is 1. The van der Waals surface area contributed by atoms with E-state index in [0.29, 0.717) is 30.0 Å². The molecule has 144 valence electrons. The van der Waals surface area contributed by atoms with E-state index in [1.807, 2.05) is 30.7 Å². The predicted molar refractivity (Wildman–Crippen MR) is 99.7 cm³/mol. The van der Waals surface area contributed by atoms with Gasteiger partial charge in [-0.3, -0.25) is 19.8 Å². The second kappa shape index (κ2) is 8.30. The molecule has 1 aliphatic heterocycles. The smallest absolute Gasteiger partial charge is 0.251 e. The summed E-state index contributed by atoms with van der Waals surface area (Å²) in [7, 11) is 1.93. The highest BCUT2D eigenvalue weighted by atomic mass is 16.5. The van der Waals surface area contributed by atoms with Crippen molar-refractivity contribution in [2.75, 3.05) is 13.1 Å². The van der Waals surface area contributed by atoms with E-state index in [9.17, 15) is 14.8 Å². The van der Waals surface area contributed by atoms with E-state index in [2.05, 4.69) is 4.98 Å². The number of hydrogen-bond donors (Lipinski definition) is 1. The molecule has 0 spiro atoms. The molecular formula is C19H25N5O3. The topological polar surface area (TPSA) is 91.6 Å². The largest absolute Gasteiger partial charge is 0.329 e. The standard InChI is InChI=1S/C19H25N5O3/c1-3-4-6-14(12-23(27)13-25)19(26)24-10-5-7-16(24)18-21-15-8-9-20-11-17(15)22(18)2/h6,8-9,11,13,16,27H,3-5,7,10,12H2,1-2H3/b14-6-/t16-/m0/s1. The van der Waals surface area contributed by atoms with Crippen LogP contribution in [0.15, 0.2) is 30.1 Å². The minimum Gasteiger partial charge on any atom is -0.329 e. The fourth-order valence-corrected chi connectivity index (χ4v) is 3.56. The average molecular weight is 371 g/mol. The lowest BCUT2D eigenvalue weighted by atomic mass is 10.1. The SMILES string of the molecule is CCC/C=C(/CN(O)C=O)C(=O)N1CCC[C@H]1c1nc2ccncc2n1C. The molecule has 0 bridgehead atoms. The van der Waals surface area contributed by atoms with E-state index in [0.717, 1.165) is 36.1 Å². The molecule has 0 saturated carbocycles. The van der Waals surface area contributed by atoms with Crippen molar-refractivity contribution in [3.63, 3.8) is 0 Å². The van der Waals surface area contributed by atoms with Crippen LogP contribution in [0, 0.1) is 0 Å². The third kappa shape index (κ3) is 3.85. The predicted octanol–water partition coefficient (Wildman–Crippen LogP) is 2.21. The van der Waals surface area contributed by atoms with E-state index >= 15 is 0 Å². The number of rotatable bonds is 7. The highest BCUT2D eigenvalue weighted by molar-refractivity contribution is 5.94. The van der Waals surface area contributed by atoms with Crippen molar-refractivity contribution in [2.24, 2.45) is 7.05 Å². The summed E-state index contributed by atoms with van der Waals surface area (Å²) in [6, 6.07) is 1.73. The molecular weight excluding hydrogens is 346 g/mol. The molecule has 2 aromatic heterocycles. The minimum absolute atomic E-state index is 0.113. The summed E-state index contributed by atoms with van der Waals surface area (Å²) in [5.41, 5.74) is 2.21. The first-order valence-electron chi connectivity index (χ1n) is 9.24. The number of likely N-dealkylation sites (tertiary alicyclic amines) is 1. The van der Waals surface area contributed by atoms with Gasteiger partial charge in [0.25, 0.3) is 5.91 Å². The van der Waals surface area contributed by atoms with Gasteiger partial charge in [0.15, 0.2) is 0 Å². The van der Waals surface area contributed by atoms with Crippen LogP contribution in [0.3, 0.4) is 0 Å². The summed E-state index contributed by atoms with van der Waals surface area (Å²) in [5, 5.41) is 10.1. The summed E-state index contributed by atoms with van der Waals surface area (Å²) in [4.78, 5) is 34.6. The maximum Gasteiger partial charge on any atom is 0.251 e. The molecule has 3 rings (SSSR count). The maximum atomic E-state index is 13.2. The Kier molecular flexibility index (Phi) is 5.85. The summed E-state index contributed by atoms with van der Waals surface area (Å²) in [6.07, 6.45) is 8.90. The van der Waals surface area contributed by atoms with Crippen molar-refractivity contribution < 1.29 is 14.8 Å². The summed E-state index contributed by atoms with van der Waals surface area (Å²) < 4.78 is 1.98. The van der Waals surface area contributed by atoms with Gasteiger partial charge in [0.2, 0.25) is 6.41 Å². The Balaban J connectivity index is 1.90. The van der Waals surface area contributed by atoms with Gasteiger partial charge in [0.1, 0.15) is 5.82 Å². The first kappa shape index (κ1) is 19.0. The number of aromatic nitrogens is 3. The first-order valence-corrected chi connectivity index (χ1v) is 9.24. The number of carbonyl (C=O) groups excluding carboxylic acids is 2.